The van der Waals surface area contributed by atoms with Gasteiger partial charge in [0.1, 0.15) is 5.69 Å². The van der Waals surface area contributed by atoms with Gasteiger partial charge in [-0.2, -0.15) is 10.1 Å². The SMILES string of the molecule is Cc1ccc(C)c(-c2n[nH]n3c2nc(=O)c2ccccc23)c1. The molecule has 0 aliphatic carbocycles. The Hall–Kier alpha value is -2.95. The van der Waals surface area contributed by atoms with E-state index in [-0.39, 0.29) is 5.56 Å². The summed E-state index contributed by atoms with van der Waals surface area (Å²) in [6.45, 7) is 4.06. The standard InChI is InChI=1S/C17H14N4O/c1-10-7-8-11(2)13(9-10)15-16-18-17(22)12-5-3-4-6-14(12)21(16)20-19-15/h3-9,20H,1-2H3. The molecule has 0 aliphatic rings. The molecular weight excluding hydrogens is 276 g/mol. The van der Waals surface area contributed by atoms with Crippen LogP contribution in [0.15, 0.2) is 47.3 Å². The predicted octanol–water partition coefficient (Wildman–Crippen LogP) is 2.85. The van der Waals surface area contributed by atoms with Crippen molar-refractivity contribution in [3.05, 3.63) is 63.9 Å². The van der Waals surface area contributed by atoms with Crippen LogP contribution < -0.4 is 5.56 Å². The van der Waals surface area contributed by atoms with E-state index in [9.17, 15) is 4.79 Å². The molecule has 1 N–H and O–H groups in total. The van der Waals surface area contributed by atoms with Crippen molar-refractivity contribution >= 4 is 16.6 Å². The number of aromatic nitrogens is 4. The number of aromatic amines is 1. The molecule has 0 aliphatic heterocycles. The second-order valence-electron chi connectivity index (χ2n) is 5.47. The molecule has 0 saturated heterocycles. The van der Waals surface area contributed by atoms with Crippen LogP contribution in [0.3, 0.4) is 0 Å². The van der Waals surface area contributed by atoms with Crippen molar-refractivity contribution in [1.82, 2.24) is 19.8 Å². The van der Waals surface area contributed by atoms with Crippen molar-refractivity contribution < 1.29 is 0 Å². The molecule has 0 bridgehead atoms. The first-order valence-electron chi connectivity index (χ1n) is 7.08. The molecule has 5 heteroatoms. The molecule has 0 saturated carbocycles. The van der Waals surface area contributed by atoms with E-state index >= 15 is 0 Å². The smallest absolute Gasteiger partial charge is 0.267 e. The van der Waals surface area contributed by atoms with Crippen LogP contribution in [0.2, 0.25) is 0 Å². The molecule has 0 radical (unpaired) electrons. The Morgan fingerprint density at radius 2 is 1.91 bits per heavy atom. The molecule has 22 heavy (non-hydrogen) atoms. The average molecular weight is 290 g/mol. The van der Waals surface area contributed by atoms with Crippen molar-refractivity contribution in [2.24, 2.45) is 0 Å². The lowest BCUT2D eigenvalue weighted by Crippen LogP contribution is -2.10. The number of fused-ring (bicyclic) bond motifs is 3. The third kappa shape index (κ3) is 1.75. The molecule has 2 aromatic heterocycles. The zero-order valence-electron chi connectivity index (χ0n) is 12.3. The van der Waals surface area contributed by atoms with Crippen LogP contribution >= 0.6 is 0 Å². The van der Waals surface area contributed by atoms with Gasteiger partial charge in [0.05, 0.1) is 10.9 Å². The first kappa shape index (κ1) is 12.8. The summed E-state index contributed by atoms with van der Waals surface area (Å²) in [5.74, 6) is 0. The highest BCUT2D eigenvalue weighted by Crippen LogP contribution is 2.26. The van der Waals surface area contributed by atoms with Crippen LogP contribution in [-0.2, 0) is 0 Å². The quantitative estimate of drug-likeness (QED) is 0.586. The molecule has 108 valence electrons. The number of para-hydroxylation sites is 1. The molecule has 5 nitrogen and oxygen atoms in total. The Kier molecular flexibility index (Phi) is 2.63. The summed E-state index contributed by atoms with van der Waals surface area (Å²) in [5.41, 5.74) is 5.03. The number of benzene rings is 2. The van der Waals surface area contributed by atoms with Crippen molar-refractivity contribution in [3.63, 3.8) is 0 Å². The van der Waals surface area contributed by atoms with E-state index in [0.717, 1.165) is 22.2 Å². The maximum atomic E-state index is 12.3. The van der Waals surface area contributed by atoms with Gasteiger partial charge in [-0.3, -0.25) is 4.79 Å². The molecule has 4 rings (SSSR count). The average Bonchev–Trinajstić information content (AvgIpc) is 2.94. The highest BCUT2D eigenvalue weighted by atomic mass is 16.1. The number of hydrogen-bond donors (Lipinski definition) is 1. The van der Waals surface area contributed by atoms with Crippen molar-refractivity contribution in [2.45, 2.75) is 13.8 Å². The molecule has 2 aromatic carbocycles. The van der Waals surface area contributed by atoms with E-state index in [1.165, 1.54) is 0 Å². The van der Waals surface area contributed by atoms with E-state index in [2.05, 4.69) is 33.5 Å². The molecule has 4 aromatic rings. The maximum Gasteiger partial charge on any atom is 0.281 e. The fourth-order valence-corrected chi connectivity index (χ4v) is 2.75. The molecule has 0 fully saturated rings. The van der Waals surface area contributed by atoms with Gasteiger partial charge in [-0.25, -0.2) is 9.73 Å². The Balaban J connectivity index is 2.13. The third-order valence-electron chi connectivity index (χ3n) is 3.92. The summed E-state index contributed by atoms with van der Waals surface area (Å²) < 4.78 is 1.76. The van der Waals surface area contributed by atoms with Gasteiger partial charge in [0.15, 0.2) is 5.65 Å². The normalized spacial score (nSPS) is 11.4. The second kappa shape index (κ2) is 4.53. The van der Waals surface area contributed by atoms with Gasteiger partial charge in [-0.1, -0.05) is 29.8 Å². The molecule has 0 atom stereocenters. The minimum absolute atomic E-state index is 0.233. The van der Waals surface area contributed by atoms with Crippen LogP contribution in [0.4, 0.5) is 0 Å². The molecule has 0 spiro atoms. The van der Waals surface area contributed by atoms with Gasteiger partial charge >= 0.3 is 0 Å². The molecule has 0 amide bonds. The monoisotopic (exact) mass is 290 g/mol. The number of nitrogens with zero attached hydrogens (tertiary/aromatic N) is 3. The van der Waals surface area contributed by atoms with E-state index in [0.29, 0.717) is 16.7 Å². The fraction of sp³-hybridized carbons (Fsp3) is 0.118. The lowest BCUT2D eigenvalue weighted by atomic mass is 10.0. The highest BCUT2D eigenvalue weighted by Gasteiger charge is 2.15. The Morgan fingerprint density at radius 1 is 1.09 bits per heavy atom. The van der Waals surface area contributed by atoms with Crippen LogP contribution in [-0.4, -0.2) is 19.8 Å². The molecular formula is C17H14N4O. The second-order valence-corrected chi connectivity index (χ2v) is 5.47. The summed E-state index contributed by atoms with van der Waals surface area (Å²) in [5, 5.41) is 7.94. The topological polar surface area (TPSA) is 63.1 Å². The van der Waals surface area contributed by atoms with Crippen molar-refractivity contribution in [1.29, 1.82) is 0 Å². The first-order chi connectivity index (χ1) is 10.6. The van der Waals surface area contributed by atoms with E-state index in [1.54, 1.807) is 10.6 Å². The Bertz CT molecular complexity index is 1080. The van der Waals surface area contributed by atoms with E-state index in [1.807, 2.05) is 32.0 Å². The summed E-state index contributed by atoms with van der Waals surface area (Å²) >= 11 is 0. The summed E-state index contributed by atoms with van der Waals surface area (Å²) in [4.78, 5) is 16.5. The number of H-pyrrole nitrogens is 1. The van der Waals surface area contributed by atoms with Gasteiger partial charge in [-0.15, -0.1) is 0 Å². The minimum atomic E-state index is -0.233. The van der Waals surface area contributed by atoms with E-state index in [4.69, 9.17) is 0 Å². The van der Waals surface area contributed by atoms with Crippen molar-refractivity contribution in [2.75, 3.05) is 0 Å². The van der Waals surface area contributed by atoms with Gasteiger partial charge in [-0.05, 0) is 37.6 Å². The number of nitrogens with one attached hydrogen (secondary N) is 1. The maximum absolute atomic E-state index is 12.3. The van der Waals surface area contributed by atoms with Crippen molar-refractivity contribution in [3.8, 4) is 11.3 Å². The van der Waals surface area contributed by atoms with Crippen LogP contribution in [0, 0.1) is 13.8 Å². The van der Waals surface area contributed by atoms with Crippen LogP contribution in [0.1, 0.15) is 11.1 Å². The van der Waals surface area contributed by atoms with Gasteiger partial charge in [0, 0.05) is 5.56 Å². The predicted molar refractivity (Wildman–Crippen MR) is 86.0 cm³/mol. The van der Waals surface area contributed by atoms with E-state index < -0.39 is 0 Å². The zero-order valence-corrected chi connectivity index (χ0v) is 12.3. The number of rotatable bonds is 1. The Labute approximate surface area is 126 Å². The lowest BCUT2D eigenvalue weighted by molar-refractivity contribution is 0.874. The third-order valence-corrected chi connectivity index (χ3v) is 3.92. The fourth-order valence-electron chi connectivity index (χ4n) is 2.75. The van der Waals surface area contributed by atoms with Gasteiger partial charge < -0.3 is 0 Å². The molecule has 2 heterocycles. The summed E-state index contributed by atoms with van der Waals surface area (Å²) in [7, 11) is 0. The Morgan fingerprint density at radius 3 is 2.77 bits per heavy atom. The van der Waals surface area contributed by atoms with Gasteiger partial charge in [0.25, 0.3) is 5.56 Å². The van der Waals surface area contributed by atoms with Crippen LogP contribution in [0.5, 0.6) is 0 Å². The van der Waals surface area contributed by atoms with Gasteiger partial charge in [0.2, 0.25) is 0 Å². The molecule has 0 unspecified atom stereocenters. The summed E-state index contributed by atoms with van der Waals surface area (Å²) in [6, 6.07) is 13.6. The number of hydrogen-bond acceptors (Lipinski definition) is 3. The highest BCUT2D eigenvalue weighted by molar-refractivity contribution is 5.84. The largest absolute Gasteiger partial charge is 0.281 e. The minimum Gasteiger partial charge on any atom is -0.267 e. The summed E-state index contributed by atoms with van der Waals surface area (Å²) in [6.07, 6.45) is 0. The zero-order chi connectivity index (χ0) is 15.3. The first-order valence-corrected chi connectivity index (χ1v) is 7.08. The number of aryl methyl sites for hydroxylation is 2. The van der Waals surface area contributed by atoms with Crippen LogP contribution in [0.25, 0.3) is 27.8 Å². The lowest BCUT2D eigenvalue weighted by Gasteiger charge is -2.04.